The van der Waals surface area contributed by atoms with E-state index in [1.807, 2.05) is 11.9 Å². The Hall–Kier alpha value is -3.14. The molecule has 2 fully saturated rings. The molecule has 1 aromatic carbocycles. The Labute approximate surface area is 182 Å². The van der Waals surface area contributed by atoms with Gasteiger partial charge < -0.3 is 15.3 Å². The van der Waals surface area contributed by atoms with Gasteiger partial charge in [-0.1, -0.05) is 0 Å². The summed E-state index contributed by atoms with van der Waals surface area (Å²) < 4.78 is 44.3. The van der Waals surface area contributed by atoms with Gasteiger partial charge in [-0.05, 0) is 25.0 Å². The molecule has 32 heavy (non-hydrogen) atoms. The number of fused-ring (bicyclic) bond motifs is 2. The highest BCUT2D eigenvalue weighted by atomic mass is 19.3. The number of aryl methyl sites for hydroxylation is 1. The van der Waals surface area contributed by atoms with Crippen LogP contribution in [0.2, 0.25) is 0 Å². The zero-order valence-corrected chi connectivity index (χ0v) is 17.6. The minimum Gasteiger partial charge on any atom is -0.507 e. The Kier molecular flexibility index (Phi) is 4.85. The quantitative estimate of drug-likeness (QED) is 0.643. The minimum absolute atomic E-state index is 0.0793. The van der Waals surface area contributed by atoms with Crippen LogP contribution in [0.15, 0.2) is 36.9 Å². The summed E-state index contributed by atoms with van der Waals surface area (Å²) in [6.07, 6.45) is 6.94. The van der Waals surface area contributed by atoms with Gasteiger partial charge in [0.2, 0.25) is 0 Å². The van der Waals surface area contributed by atoms with Crippen LogP contribution in [-0.4, -0.2) is 56.0 Å². The van der Waals surface area contributed by atoms with Gasteiger partial charge >= 0.3 is 0 Å². The number of phenols is 1. The Bertz CT molecular complexity index is 1150. The number of nitrogens with zero attached hydrogens (tertiary/aromatic N) is 5. The molecule has 3 aromatic rings. The Morgan fingerprint density at radius 1 is 1.16 bits per heavy atom. The van der Waals surface area contributed by atoms with E-state index in [-0.39, 0.29) is 35.4 Å². The Morgan fingerprint density at radius 3 is 2.62 bits per heavy atom. The SMILES string of the molecule is CN(c1cnc(-c2cc(F)c(-c3cnn(C)c3)cc2O)cn1)[C@H]1C[C@@H]2CC(F)(F)[C@H](C1)N2. The third kappa shape index (κ3) is 3.58. The van der Waals surface area contributed by atoms with Crippen molar-refractivity contribution in [3.63, 3.8) is 0 Å². The number of anilines is 1. The molecule has 2 bridgehead atoms. The molecule has 2 N–H and O–H groups in total. The first-order chi connectivity index (χ1) is 15.2. The van der Waals surface area contributed by atoms with Gasteiger partial charge in [0.25, 0.3) is 5.92 Å². The molecule has 2 aliphatic heterocycles. The number of rotatable bonds is 4. The van der Waals surface area contributed by atoms with Crippen molar-refractivity contribution in [2.45, 2.75) is 43.3 Å². The second kappa shape index (κ2) is 7.47. The van der Waals surface area contributed by atoms with Gasteiger partial charge in [-0.3, -0.25) is 9.67 Å². The van der Waals surface area contributed by atoms with Crippen molar-refractivity contribution in [1.82, 2.24) is 25.1 Å². The van der Waals surface area contributed by atoms with Gasteiger partial charge in [-0.2, -0.15) is 5.10 Å². The lowest BCUT2D eigenvalue weighted by Crippen LogP contribution is -2.49. The van der Waals surface area contributed by atoms with E-state index in [2.05, 4.69) is 20.4 Å². The molecule has 5 rings (SSSR count). The van der Waals surface area contributed by atoms with Gasteiger partial charge in [0, 0.05) is 55.5 Å². The summed E-state index contributed by atoms with van der Waals surface area (Å²) >= 11 is 0. The maximum absolute atomic E-state index is 14.7. The number of aromatic nitrogens is 4. The number of hydrogen-bond donors (Lipinski definition) is 2. The van der Waals surface area contributed by atoms with Crippen LogP contribution in [-0.2, 0) is 7.05 Å². The summed E-state index contributed by atoms with van der Waals surface area (Å²) in [4.78, 5) is 10.6. The van der Waals surface area contributed by atoms with E-state index in [9.17, 15) is 18.3 Å². The molecular weight excluding hydrogens is 421 g/mol. The van der Waals surface area contributed by atoms with Crippen molar-refractivity contribution in [3.8, 4) is 28.1 Å². The standard InChI is InChI=1S/C22H23F3N6O/c1-30-11-12(8-28-30)15-6-19(32)16(5-17(15)23)18-9-27-21(10-26-18)31(2)14-3-13-7-22(24,25)20(4-14)29-13/h5-6,8-11,13-14,20,29,32H,3-4,7H2,1-2H3/t13-,14+,20+/m1/s1. The van der Waals surface area contributed by atoms with Crippen LogP contribution in [0.1, 0.15) is 19.3 Å². The second-order valence-corrected chi connectivity index (χ2v) is 8.63. The van der Waals surface area contributed by atoms with E-state index in [1.165, 1.54) is 30.7 Å². The first kappa shape index (κ1) is 20.7. The van der Waals surface area contributed by atoms with Gasteiger partial charge in [0.15, 0.2) is 0 Å². The highest BCUT2D eigenvalue weighted by Gasteiger charge is 2.53. The summed E-state index contributed by atoms with van der Waals surface area (Å²) in [6.45, 7) is 0. The summed E-state index contributed by atoms with van der Waals surface area (Å²) in [5, 5.41) is 17.5. The number of phenolic OH excluding ortho intramolecular Hbond substituents is 1. The van der Waals surface area contributed by atoms with Crippen molar-refractivity contribution in [1.29, 1.82) is 0 Å². The van der Waals surface area contributed by atoms with Crippen LogP contribution >= 0.6 is 0 Å². The zero-order valence-electron chi connectivity index (χ0n) is 17.6. The first-order valence-electron chi connectivity index (χ1n) is 10.4. The van der Waals surface area contributed by atoms with Crippen molar-refractivity contribution in [3.05, 3.63) is 42.7 Å². The molecule has 0 unspecified atom stereocenters. The third-order valence-corrected chi connectivity index (χ3v) is 6.45. The first-order valence-corrected chi connectivity index (χ1v) is 10.4. The minimum atomic E-state index is -2.68. The summed E-state index contributed by atoms with van der Waals surface area (Å²) in [5.74, 6) is -2.78. The predicted molar refractivity (Wildman–Crippen MR) is 113 cm³/mol. The molecule has 0 saturated carbocycles. The zero-order chi connectivity index (χ0) is 22.6. The Morgan fingerprint density at radius 2 is 1.97 bits per heavy atom. The average molecular weight is 444 g/mol. The van der Waals surface area contributed by atoms with Crippen LogP contribution in [0.4, 0.5) is 19.0 Å². The Balaban J connectivity index is 1.36. The summed E-state index contributed by atoms with van der Waals surface area (Å²) in [6, 6.07) is 1.46. The molecule has 0 radical (unpaired) electrons. The van der Waals surface area contributed by atoms with E-state index in [0.29, 0.717) is 29.9 Å². The van der Waals surface area contributed by atoms with E-state index >= 15 is 0 Å². The smallest absolute Gasteiger partial charge is 0.264 e. The molecule has 168 valence electrons. The molecule has 2 aliphatic rings. The molecule has 10 heteroatoms. The molecule has 7 nitrogen and oxygen atoms in total. The molecule has 0 spiro atoms. The fourth-order valence-corrected chi connectivity index (χ4v) is 4.72. The third-order valence-electron chi connectivity index (χ3n) is 6.45. The highest BCUT2D eigenvalue weighted by molar-refractivity contribution is 5.74. The van der Waals surface area contributed by atoms with E-state index in [4.69, 9.17) is 0 Å². The van der Waals surface area contributed by atoms with Crippen molar-refractivity contribution < 1.29 is 18.3 Å². The lowest BCUT2D eigenvalue weighted by Gasteiger charge is -2.36. The highest BCUT2D eigenvalue weighted by Crippen LogP contribution is 2.41. The number of nitrogens with one attached hydrogen (secondary N) is 1. The molecule has 2 aromatic heterocycles. The largest absolute Gasteiger partial charge is 0.507 e. The van der Waals surface area contributed by atoms with Crippen molar-refractivity contribution >= 4 is 5.82 Å². The van der Waals surface area contributed by atoms with Crippen LogP contribution < -0.4 is 10.2 Å². The average Bonchev–Trinajstić information content (AvgIpc) is 3.28. The molecule has 3 atom stereocenters. The van der Waals surface area contributed by atoms with E-state index < -0.39 is 17.8 Å². The topological polar surface area (TPSA) is 79.1 Å². The molecule has 4 heterocycles. The maximum Gasteiger partial charge on any atom is 0.264 e. The van der Waals surface area contributed by atoms with E-state index in [0.717, 1.165) is 0 Å². The van der Waals surface area contributed by atoms with E-state index in [1.54, 1.807) is 17.9 Å². The fourth-order valence-electron chi connectivity index (χ4n) is 4.72. The van der Waals surface area contributed by atoms with Crippen molar-refractivity contribution in [2.75, 3.05) is 11.9 Å². The normalized spacial score (nSPS) is 24.0. The molecule has 0 amide bonds. The van der Waals surface area contributed by atoms with Gasteiger partial charge in [0.1, 0.15) is 17.4 Å². The molecule has 0 aliphatic carbocycles. The van der Waals surface area contributed by atoms with Crippen LogP contribution in [0.5, 0.6) is 5.75 Å². The maximum atomic E-state index is 14.7. The van der Waals surface area contributed by atoms with Gasteiger partial charge in [-0.25, -0.2) is 18.2 Å². The predicted octanol–water partition coefficient (Wildman–Crippen LogP) is 3.35. The number of aromatic hydroxyl groups is 1. The number of benzene rings is 1. The lowest BCUT2D eigenvalue weighted by atomic mass is 9.98. The fraction of sp³-hybridized carbons (Fsp3) is 0.409. The van der Waals surface area contributed by atoms with Crippen LogP contribution in [0, 0.1) is 5.82 Å². The summed E-state index contributed by atoms with van der Waals surface area (Å²) in [7, 11) is 3.54. The van der Waals surface area contributed by atoms with Crippen LogP contribution in [0.25, 0.3) is 22.4 Å². The van der Waals surface area contributed by atoms with Gasteiger partial charge in [0.05, 0.1) is 30.3 Å². The number of hydrogen-bond acceptors (Lipinski definition) is 6. The monoisotopic (exact) mass is 444 g/mol. The second-order valence-electron chi connectivity index (χ2n) is 8.63. The van der Waals surface area contributed by atoms with Crippen LogP contribution in [0.3, 0.4) is 0 Å². The molecule has 2 saturated heterocycles. The number of halogens is 3. The lowest BCUT2D eigenvalue weighted by molar-refractivity contribution is -0.0128. The number of piperidine rings is 1. The molecular formula is C22H23F3N6O. The van der Waals surface area contributed by atoms with Gasteiger partial charge in [-0.15, -0.1) is 0 Å². The summed E-state index contributed by atoms with van der Waals surface area (Å²) in [5.41, 5.74) is 1.32. The van der Waals surface area contributed by atoms with Crippen molar-refractivity contribution in [2.24, 2.45) is 7.05 Å². The number of alkyl halides is 2.